The molecule has 26 heavy (non-hydrogen) atoms. The molecule has 0 spiro atoms. The highest BCUT2D eigenvalue weighted by Gasteiger charge is 2.34. The average Bonchev–Trinajstić information content (AvgIpc) is 3.13. The molecule has 0 radical (unpaired) electrons. The fourth-order valence-corrected chi connectivity index (χ4v) is 2.72. The van der Waals surface area contributed by atoms with Gasteiger partial charge in [-0.15, -0.1) is 0 Å². The summed E-state index contributed by atoms with van der Waals surface area (Å²) in [7, 11) is 0. The molecule has 146 valence electrons. The first kappa shape index (κ1) is 20.7. The maximum absolute atomic E-state index is 6.09. The Labute approximate surface area is 158 Å². The van der Waals surface area contributed by atoms with E-state index in [9.17, 15) is 0 Å². The number of nitrogens with zero attached hydrogens (tertiary/aromatic N) is 2. The molecule has 0 bridgehead atoms. The third-order valence-corrected chi connectivity index (χ3v) is 5.04. The summed E-state index contributed by atoms with van der Waals surface area (Å²) in [5.74, 6) is 2.54. The first-order chi connectivity index (χ1) is 11.6. The standard InChI is InChI=1S/C22H36N2O2/c1-19(2,3)16-13-23-18(26-16)22(9,10)12-11-21(7,8)15-14-25-17(24-15)20(4,5)6/h13-14H,11-12H2,1-10H3. The first-order valence-corrected chi connectivity index (χ1v) is 9.56. The summed E-state index contributed by atoms with van der Waals surface area (Å²) in [6, 6.07) is 0. The van der Waals surface area contributed by atoms with Crippen molar-refractivity contribution in [1.29, 1.82) is 0 Å². The zero-order chi connectivity index (χ0) is 20.0. The van der Waals surface area contributed by atoms with Gasteiger partial charge in [-0.1, -0.05) is 69.2 Å². The lowest BCUT2D eigenvalue weighted by Crippen LogP contribution is -2.25. The first-order valence-electron chi connectivity index (χ1n) is 9.56. The lowest BCUT2D eigenvalue weighted by molar-refractivity contribution is 0.287. The smallest absolute Gasteiger partial charge is 0.200 e. The third-order valence-electron chi connectivity index (χ3n) is 5.04. The monoisotopic (exact) mass is 360 g/mol. The fourth-order valence-electron chi connectivity index (χ4n) is 2.72. The molecule has 4 nitrogen and oxygen atoms in total. The van der Waals surface area contributed by atoms with E-state index in [2.05, 4.69) is 74.2 Å². The maximum Gasteiger partial charge on any atom is 0.200 e. The van der Waals surface area contributed by atoms with Crippen LogP contribution in [0.25, 0.3) is 0 Å². The van der Waals surface area contributed by atoms with Crippen LogP contribution in [0.15, 0.2) is 21.3 Å². The van der Waals surface area contributed by atoms with Crippen LogP contribution < -0.4 is 0 Å². The quantitative estimate of drug-likeness (QED) is 0.628. The zero-order valence-electron chi connectivity index (χ0n) is 18.3. The molecule has 0 N–H and O–H groups in total. The summed E-state index contributed by atoms with van der Waals surface area (Å²) in [6.07, 6.45) is 5.62. The van der Waals surface area contributed by atoms with Crippen LogP contribution in [-0.4, -0.2) is 9.97 Å². The second-order valence-corrected chi connectivity index (χ2v) is 10.8. The van der Waals surface area contributed by atoms with E-state index in [1.807, 2.05) is 12.5 Å². The lowest BCUT2D eigenvalue weighted by Gasteiger charge is -2.28. The molecule has 2 heterocycles. The maximum atomic E-state index is 6.09. The minimum atomic E-state index is -0.128. The number of aromatic nitrogens is 2. The Morgan fingerprint density at radius 2 is 1.35 bits per heavy atom. The lowest BCUT2D eigenvalue weighted by atomic mass is 9.77. The third kappa shape index (κ3) is 4.57. The molecule has 0 aliphatic heterocycles. The van der Waals surface area contributed by atoms with Crippen molar-refractivity contribution < 1.29 is 8.83 Å². The molecule has 0 aliphatic rings. The summed E-state index contributed by atoms with van der Waals surface area (Å²) in [4.78, 5) is 9.32. The van der Waals surface area contributed by atoms with E-state index >= 15 is 0 Å². The highest BCUT2D eigenvalue weighted by Crippen LogP contribution is 2.37. The summed E-state index contributed by atoms with van der Waals surface area (Å²) in [6.45, 7) is 21.6. The highest BCUT2D eigenvalue weighted by molar-refractivity contribution is 5.15. The van der Waals surface area contributed by atoms with E-state index in [1.54, 1.807) is 0 Å². The van der Waals surface area contributed by atoms with Gasteiger partial charge in [0, 0.05) is 21.7 Å². The molecule has 2 aromatic rings. The Morgan fingerprint density at radius 3 is 1.81 bits per heavy atom. The van der Waals surface area contributed by atoms with Crippen LogP contribution in [0.3, 0.4) is 0 Å². The van der Waals surface area contributed by atoms with Gasteiger partial charge in [0.05, 0.1) is 11.9 Å². The van der Waals surface area contributed by atoms with Crippen molar-refractivity contribution in [3.63, 3.8) is 0 Å². The summed E-state index contributed by atoms with van der Waals surface area (Å²) >= 11 is 0. The number of rotatable bonds is 5. The van der Waals surface area contributed by atoms with E-state index in [1.165, 1.54) is 0 Å². The number of hydrogen-bond donors (Lipinski definition) is 0. The normalized spacial score (nSPS) is 14.1. The molecule has 2 aromatic heterocycles. The van der Waals surface area contributed by atoms with Gasteiger partial charge in [0.15, 0.2) is 11.8 Å². The SMILES string of the molecule is CC(C)(C)c1cnc(C(C)(C)CCC(C)(C)c2coc(C(C)(C)C)n2)o1. The molecule has 0 aromatic carbocycles. The molecule has 0 fully saturated rings. The van der Waals surface area contributed by atoms with Gasteiger partial charge in [-0.2, -0.15) is 0 Å². The van der Waals surface area contributed by atoms with Crippen molar-refractivity contribution in [2.75, 3.05) is 0 Å². The Hall–Kier alpha value is -1.58. The van der Waals surface area contributed by atoms with Gasteiger partial charge in [-0.05, 0) is 12.8 Å². The van der Waals surface area contributed by atoms with Crippen LogP contribution >= 0.6 is 0 Å². The van der Waals surface area contributed by atoms with Crippen LogP contribution in [0.4, 0.5) is 0 Å². The molecule has 2 rings (SSSR count). The van der Waals surface area contributed by atoms with Crippen LogP contribution in [0.1, 0.15) is 105 Å². The minimum Gasteiger partial charge on any atom is -0.448 e. The Kier molecular flexibility index (Phi) is 5.22. The van der Waals surface area contributed by atoms with E-state index in [0.717, 1.165) is 36.1 Å². The number of oxazole rings is 2. The van der Waals surface area contributed by atoms with Crippen molar-refractivity contribution in [3.8, 4) is 0 Å². The second kappa shape index (κ2) is 6.54. The van der Waals surface area contributed by atoms with Gasteiger partial charge in [-0.3, -0.25) is 0 Å². The molecule has 0 unspecified atom stereocenters. The van der Waals surface area contributed by atoms with Crippen LogP contribution in [0.5, 0.6) is 0 Å². The van der Waals surface area contributed by atoms with Crippen molar-refractivity contribution in [1.82, 2.24) is 9.97 Å². The van der Waals surface area contributed by atoms with Crippen molar-refractivity contribution >= 4 is 0 Å². The molecule has 0 atom stereocenters. The Balaban J connectivity index is 2.12. The molecule has 0 saturated carbocycles. The number of hydrogen-bond acceptors (Lipinski definition) is 4. The fraction of sp³-hybridized carbons (Fsp3) is 0.727. The van der Waals surface area contributed by atoms with Gasteiger partial charge in [0.25, 0.3) is 0 Å². The summed E-state index contributed by atoms with van der Waals surface area (Å²) in [5.41, 5.74) is 0.724. The van der Waals surface area contributed by atoms with Gasteiger partial charge < -0.3 is 8.83 Å². The van der Waals surface area contributed by atoms with E-state index in [0.29, 0.717) is 0 Å². The molecule has 0 saturated heterocycles. The molecular weight excluding hydrogens is 324 g/mol. The Bertz CT molecular complexity index is 673. The topological polar surface area (TPSA) is 52.1 Å². The average molecular weight is 361 g/mol. The zero-order valence-corrected chi connectivity index (χ0v) is 18.3. The molecule has 0 amide bonds. The van der Waals surface area contributed by atoms with Crippen molar-refractivity contribution in [3.05, 3.63) is 35.7 Å². The van der Waals surface area contributed by atoms with Crippen LogP contribution in [0.2, 0.25) is 0 Å². The Morgan fingerprint density at radius 1 is 0.769 bits per heavy atom. The van der Waals surface area contributed by atoms with E-state index in [4.69, 9.17) is 13.8 Å². The molecule has 0 aliphatic carbocycles. The van der Waals surface area contributed by atoms with E-state index in [-0.39, 0.29) is 21.7 Å². The van der Waals surface area contributed by atoms with Crippen LogP contribution in [0, 0.1) is 0 Å². The highest BCUT2D eigenvalue weighted by atomic mass is 16.4. The van der Waals surface area contributed by atoms with Gasteiger partial charge >= 0.3 is 0 Å². The van der Waals surface area contributed by atoms with Gasteiger partial charge in [-0.25, -0.2) is 9.97 Å². The van der Waals surface area contributed by atoms with Crippen molar-refractivity contribution in [2.24, 2.45) is 0 Å². The second-order valence-electron chi connectivity index (χ2n) is 10.8. The predicted octanol–water partition coefficient (Wildman–Crippen LogP) is 6.29. The van der Waals surface area contributed by atoms with Crippen LogP contribution in [-0.2, 0) is 21.7 Å². The minimum absolute atomic E-state index is 0.0231. The van der Waals surface area contributed by atoms with E-state index < -0.39 is 0 Å². The largest absolute Gasteiger partial charge is 0.448 e. The molecular formula is C22H36N2O2. The van der Waals surface area contributed by atoms with Gasteiger partial charge in [0.1, 0.15) is 12.0 Å². The van der Waals surface area contributed by atoms with Crippen molar-refractivity contribution in [2.45, 2.75) is 104 Å². The predicted molar refractivity (Wildman–Crippen MR) is 106 cm³/mol. The summed E-state index contributed by atoms with van der Waals surface area (Å²) < 4.78 is 11.8. The molecule has 4 heteroatoms. The summed E-state index contributed by atoms with van der Waals surface area (Å²) in [5, 5.41) is 0. The van der Waals surface area contributed by atoms with Gasteiger partial charge in [0.2, 0.25) is 0 Å².